The highest BCUT2D eigenvalue weighted by Gasteiger charge is 2.40. The molecule has 0 radical (unpaired) electrons. The monoisotopic (exact) mass is 418 g/mol. The van der Waals surface area contributed by atoms with Gasteiger partial charge in [-0.1, -0.05) is 18.2 Å². The van der Waals surface area contributed by atoms with Crippen molar-refractivity contribution >= 4 is 40.1 Å². The molecule has 2 amide bonds. The van der Waals surface area contributed by atoms with Crippen molar-refractivity contribution in [1.82, 2.24) is 0 Å². The van der Waals surface area contributed by atoms with Crippen molar-refractivity contribution in [2.75, 3.05) is 16.8 Å². The van der Waals surface area contributed by atoms with E-state index in [4.69, 9.17) is 4.74 Å². The fourth-order valence-corrected chi connectivity index (χ4v) is 4.14. The molecule has 0 saturated carbocycles. The van der Waals surface area contributed by atoms with Crippen LogP contribution in [-0.4, -0.2) is 18.4 Å². The van der Waals surface area contributed by atoms with Gasteiger partial charge < -0.3 is 10.1 Å². The van der Waals surface area contributed by atoms with Gasteiger partial charge >= 0.3 is 0 Å². The fraction of sp³-hybridized carbons (Fsp3) is 0.167. The Hall–Kier alpha value is -3.38. The Morgan fingerprint density at radius 2 is 1.80 bits per heavy atom. The van der Waals surface area contributed by atoms with Crippen molar-refractivity contribution in [1.29, 1.82) is 0 Å². The molecule has 1 aliphatic rings. The van der Waals surface area contributed by atoms with Gasteiger partial charge in [0.15, 0.2) is 0 Å². The lowest BCUT2D eigenvalue weighted by atomic mass is 10.1. The number of hydrogen-bond donors (Lipinski definition) is 1. The Morgan fingerprint density at radius 1 is 0.967 bits per heavy atom. The van der Waals surface area contributed by atoms with E-state index in [-0.39, 0.29) is 17.5 Å². The van der Waals surface area contributed by atoms with Crippen LogP contribution < -0.4 is 15.0 Å². The Labute approximate surface area is 179 Å². The lowest BCUT2D eigenvalue weighted by Gasteiger charge is -2.17. The van der Waals surface area contributed by atoms with E-state index in [2.05, 4.69) is 5.32 Å². The van der Waals surface area contributed by atoms with Gasteiger partial charge in [-0.05, 0) is 67.6 Å². The molecule has 1 aromatic heterocycles. The molecule has 0 unspecified atom stereocenters. The molecular formula is C24H22N2O3S. The summed E-state index contributed by atoms with van der Waals surface area (Å²) in [4.78, 5) is 28.8. The number of ether oxygens (including phenoxy) is 1. The molecule has 0 spiro atoms. The summed E-state index contributed by atoms with van der Waals surface area (Å²) in [6, 6.07) is 16.7. The van der Waals surface area contributed by atoms with Crippen LogP contribution in [0.25, 0.3) is 5.57 Å². The normalized spacial score (nSPS) is 13.9. The molecule has 5 nitrogen and oxygen atoms in total. The number of amides is 2. The van der Waals surface area contributed by atoms with Gasteiger partial charge in [0, 0.05) is 16.6 Å². The number of anilines is 2. The van der Waals surface area contributed by atoms with Crippen LogP contribution in [0.15, 0.2) is 65.7 Å². The van der Waals surface area contributed by atoms with Crippen LogP contribution in [0, 0.1) is 13.8 Å². The molecule has 30 heavy (non-hydrogen) atoms. The van der Waals surface area contributed by atoms with Crippen molar-refractivity contribution in [3.05, 3.63) is 81.7 Å². The Bertz CT molecular complexity index is 1150. The molecule has 6 heteroatoms. The maximum Gasteiger partial charge on any atom is 0.282 e. The van der Waals surface area contributed by atoms with E-state index >= 15 is 0 Å². The minimum Gasteiger partial charge on any atom is -0.494 e. The van der Waals surface area contributed by atoms with Gasteiger partial charge in [-0.25, -0.2) is 4.90 Å². The van der Waals surface area contributed by atoms with Crippen molar-refractivity contribution in [2.24, 2.45) is 0 Å². The molecule has 4 rings (SSSR count). The maximum atomic E-state index is 13.4. The summed E-state index contributed by atoms with van der Waals surface area (Å²) in [5.74, 6) is 0.00573. The first kappa shape index (κ1) is 19.9. The lowest BCUT2D eigenvalue weighted by Crippen LogP contribution is -2.32. The van der Waals surface area contributed by atoms with Crippen LogP contribution >= 0.6 is 11.3 Å². The third-order valence-electron chi connectivity index (χ3n) is 5.01. The molecule has 0 bridgehead atoms. The quantitative estimate of drug-likeness (QED) is 0.562. The summed E-state index contributed by atoms with van der Waals surface area (Å²) < 4.78 is 5.56. The number of thiophene rings is 1. The first-order valence-corrected chi connectivity index (χ1v) is 10.6. The number of imide groups is 1. The molecule has 0 fully saturated rings. The number of benzene rings is 2. The average Bonchev–Trinajstić information content (AvgIpc) is 3.32. The number of nitrogens with one attached hydrogen (secondary N) is 1. The Kier molecular flexibility index (Phi) is 5.42. The molecule has 0 saturated heterocycles. The third-order valence-corrected chi connectivity index (χ3v) is 5.90. The molecule has 0 atom stereocenters. The molecule has 1 aliphatic heterocycles. The summed E-state index contributed by atoms with van der Waals surface area (Å²) in [5.41, 5.74) is 4.05. The van der Waals surface area contributed by atoms with E-state index in [0.717, 1.165) is 16.0 Å². The number of carbonyl (C=O) groups excluding carboxylic acids is 2. The highest BCUT2D eigenvalue weighted by atomic mass is 32.1. The summed E-state index contributed by atoms with van der Waals surface area (Å²) in [7, 11) is 0. The number of nitrogens with zero attached hydrogens (tertiary/aromatic N) is 1. The summed E-state index contributed by atoms with van der Waals surface area (Å²) in [6.45, 7) is 6.43. The molecule has 2 heterocycles. The second-order valence-electron chi connectivity index (χ2n) is 7.03. The second-order valence-corrected chi connectivity index (χ2v) is 7.98. The van der Waals surface area contributed by atoms with Gasteiger partial charge in [-0.2, -0.15) is 0 Å². The average molecular weight is 419 g/mol. The van der Waals surface area contributed by atoms with Crippen molar-refractivity contribution in [3.8, 4) is 5.75 Å². The van der Waals surface area contributed by atoms with E-state index in [9.17, 15) is 9.59 Å². The van der Waals surface area contributed by atoms with Crippen molar-refractivity contribution in [3.63, 3.8) is 0 Å². The molecule has 3 aromatic rings. The number of rotatable bonds is 6. The largest absolute Gasteiger partial charge is 0.494 e. The number of aryl methyl sites for hydroxylation is 2. The van der Waals surface area contributed by atoms with Gasteiger partial charge in [0.05, 0.1) is 17.9 Å². The first-order chi connectivity index (χ1) is 14.5. The van der Waals surface area contributed by atoms with E-state index in [1.54, 1.807) is 0 Å². The standard InChI is InChI=1S/C24H22N2O3S/c1-4-29-19-8-5-7-17(14-19)25-22-21(20-9-6-12-30-20)23(27)26(24(22)28)18-11-10-15(2)16(3)13-18/h5-14,25H,4H2,1-3H3. The topological polar surface area (TPSA) is 58.6 Å². The maximum absolute atomic E-state index is 13.4. The molecule has 1 N–H and O–H groups in total. The van der Waals surface area contributed by atoms with Gasteiger partial charge in [-0.3, -0.25) is 9.59 Å². The number of hydrogen-bond acceptors (Lipinski definition) is 5. The minimum atomic E-state index is -0.367. The van der Waals surface area contributed by atoms with Gasteiger partial charge in [-0.15, -0.1) is 11.3 Å². The van der Waals surface area contributed by atoms with Crippen molar-refractivity contribution in [2.45, 2.75) is 20.8 Å². The van der Waals surface area contributed by atoms with Crippen LogP contribution in [0.1, 0.15) is 22.9 Å². The minimum absolute atomic E-state index is 0.273. The van der Waals surface area contributed by atoms with Gasteiger partial charge in [0.25, 0.3) is 11.8 Å². The van der Waals surface area contributed by atoms with E-state index in [1.807, 2.05) is 80.7 Å². The van der Waals surface area contributed by atoms with Crippen LogP contribution in [0.2, 0.25) is 0 Å². The van der Waals surface area contributed by atoms with Crippen LogP contribution in [0.4, 0.5) is 11.4 Å². The smallest absolute Gasteiger partial charge is 0.282 e. The van der Waals surface area contributed by atoms with E-state index in [0.29, 0.717) is 29.3 Å². The fourth-order valence-electron chi connectivity index (χ4n) is 3.37. The summed E-state index contributed by atoms with van der Waals surface area (Å²) in [6.07, 6.45) is 0. The highest BCUT2D eigenvalue weighted by molar-refractivity contribution is 7.11. The molecule has 152 valence electrons. The zero-order chi connectivity index (χ0) is 21.3. The van der Waals surface area contributed by atoms with E-state index < -0.39 is 0 Å². The predicted molar refractivity (Wildman–Crippen MR) is 121 cm³/mol. The highest BCUT2D eigenvalue weighted by Crippen LogP contribution is 2.36. The third kappa shape index (κ3) is 3.62. The second kappa shape index (κ2) is 8.16. The Balaban J connectivity index is 1.76. The summed E-state index contributed by atoms with van der Waals surface area (Å²) >= 11 is 1.43. The van der Waals surface area contributed by atoms with Crippen LogP contribution in [-0.2, 0) is 9.59 Å². The molecular weight excluding hydrogens is 396 g/mol. The Morgan fingerprint density at radius 3 is 2.50 bits per heavy atom. The van der Waals surface area contributed by atoms with Crippen LogP contribution in [0.5, 0.6) is 5.75 Å². The van der Waals surface area contributed by atoms with Gasteiger partial charge in [0.1, 0.15) is 11.4 Å². The zero-order valence-corrected chi connectivity index (χ0v) is 17.9. The first-order valence-electron chi connectivity index (χ1n) is 9.73. The van der Waals surface area contributed by atoms with Crippen molar-refractivity contribution < 1.29 is 14.3 Å². The number of carbonyl (C=O) groups is 2. The SMILES string of the molecule is CCOc1cccc(NC2=C(c3cccs3)C(=O)N(c3ccc(C)c(C)c3)C2=O)c1. The van der Waals surface area contributed by atoms with Crippen LogP contribution in [0.3, 0.4) is 0 Å². The van der Waals surface area contributed by atoms with Gasteiger partial charge in [0.2, 0.25) is 0 Å². The molecule has 0 aliphatic carbocycles. The predicted octanol–water partition coefficient (Wildman–Crippen LogP) is 5.16. The zero-order valence-electron chi connectivity index (χ0n) is 17.1. The summed E-state index contributed by atoms with van der Waals surface area (Å²) in [5, 5.41) is 5.07. The molecule has 2 aromatic carbocycles. The van der Waals surface area contributed by atoms with E-state index in [1.165, 1.54) is 16.2 Å². The lowest BCUT2D eigenvalue weighted by molar-refractivity contribution is -0.120.